The van der Waals surface area contributed by atoms with Gasteiger partial charge in [-0.15, -0.1) is 0 Å². The first-order chi connectivity index (χ1) is 6.56. The zero-order valence-corrected chi connectivity index (χ0v) is 9.36. The van der Waals surface area contributed by atoms with Gasteiger partial charge in [-0.05, 0) is 12.5 Å². The summed E-state index contributed by atoms with van der Waals surface area (Å²) in [6.45, 7) is 5.76. The van der Waals surface area contributed by atoms with E-state index in [1.807, 2.05) is 19.9 Å². The van der Waals surface area contributed by atoms with Crippen molar-refractivity contribution in [2.24, 2.45) is 11.8 Å². The zero-order valence-electron chi connectivity index (χ0n) is 9.36. The molecule has 3 atom stereocenters. The van der Waals surface area contributed by atoms with Crippen LogP contribution in [0.3, 0.4) is 0 Å². The van der Waals surface area contributed by atoms with Crippen molar-refractivity contribution < 1.29 is 14.6 Å². The second-order valence-corrected chi connectivity index (χ2v) is 3.75. The van der Waals surface area contributed by atoms with Gasteiger partial charge in [0, 0.05) is 25.6 Å². The summed E-state index contributed by atoms with van der Waals surface area (Å²) < 4.78 is 5.29. The van der Waals surface area contributed by atoms with Crippen LogP contribution in [0, 0.1) is 11.8 Å². The second kappa shape index (κ2) is 6.74. The highest BCUT2D eigenvalue weighted by atomic mass is 16.5. The zero-order chi connectivity index (χ0) is 11.1. The largest absolute Gasteiger partial charge is 0.396 e. The minimum absolute atomic E-state index is 0.0464. The molecule has 0 aliphatic rings. The summed E-state index contributed by atoms with van der Waals surface area (Å²) in [4.78, 5) is 10.4. The van der Waals surface area contributed by atoms with Gasteiger partial charge >= 0.3 is 0 Å². The maximum Gasteiger partial charge on any atom is 0.145 e. The summed E-state index contributed by atoms with van der Waals surface area (Å²) in [5.41, 5.74) is 0.699. The lowest BCUT2D eigenvalue weighted by molar-refractivity contribution is -0.104. The Kier molecular flexibility index (Phi) is 6.41. The van der Waals surface area contributed by atoms with Gasteiger partial charge in [-0.1, -0.05) is 19.9 Å². The van der Waals surface area contributed by atoms with E-state index in [9.17, 15) is 4.79 Å². The van der Waals surface area contributed by atoms with Gasteiger partial charge < -0.3 is 9.84 Å². The third kappa shape index (κ3) is 4.03. The first-order valence-electron chi connectivity index (χ1n) is 4.84. The van der Waals surface area contributed by atoms with Gasteiger partial charge in [0.05, 0.1) is 6.10 Å². The van der Waals surface area contributed by atoms with Crippen LogP contribution < -0.4 is 0 Å². The number of hydrogen-bond acceptors (Lipinski definition) is 3. The third-order valence-electron chi connectivity index (χ3n) is 2.35. The number of hydrogen-bond donors (Lipinski definition) is 1. The summed E-state index contributed by atoms with van der Waals surface area (Å²) in [6.07, 6.45) is 2.65. The van der Waals surface area contributed by atoms with Crippen molar-refractivity contribution in [3.8, 4) is 0 Å². The molecule has 0 aliphatic heterocycles. The molecular weight excluding hydrogens is 180 g/mol. The molecule has 0 unspecified atom stereocenters. The summed E-state index contributed by atoms with van der Waals surface area (Å²) in [5.74, 6) is 0.207. The van der Waals surface area contributed by atoms with E-state index in [4.69, 9.17) is 9.84 Å². The maximum absolute atomic E-state index is 10.4. The second-order valence-electron chi connectivity index (χ2n) is 3.75. The number of aliphatic hydroxyl groups excluding tert-OH is 1. The first kappa shape index (κ1) is 13.3. The van der Waals surface area contributed by atoms with Crippen LogP contribution >= 0.6 is 0 Å². The number of methoxy groups -OCH3 is 1. The summed E-state index contributed by atoms with van der Waals surface area (Å²) in [5, 5.41) is 9.01. The lowest BCUT2D eigenvalue weighted by Gasteiger charge is -2.25. The number of aliphatic hydroxyl groups is 1. The molecular formula is C11H20O3. The van der Waals surface area contributed by atoms with Crippen LogP contribution in [0.15, 0.2) is 11.6 Å². The normalized spacial score (nSPS) is 18.8. The topological polar surface area (TPSA) is 46.5 Å². The third-order valence-corrected chi connectivity index (χ3v) is 2.35. The lowest BCUT2D eigenvalue weighted by Crippen LogP contribution is -2.29. The van der Waals surface area contributed by atoms with E-state index in [2.05, 4.69) is 0 Å². The van der Waals surface area contributed by atoms with Crippen molar-refractivity contribution in [3.05, 3.63) is 11.6 Å². The molecule has 0 saturated carbocycles. The monoisotopic (exact) mass is 200 g/mol. The van der Waals surface area contributed by atoms with Gasteiger partial charge in [0.15, 0.2) is 0 Å². The number of allylic oxidation sites excluding steroid dienone is 1. The van der Waals surface area contributed by atoms with Gasteiger partial charge in [0.1, 0.15) is 6.29 Å². The van der Waals surface area contributed by atoms with E-state index < -0.39 is 0 Å². The minimum atomic E-state index is -0.0464. The Labute approximate surface area is 85.8 Å². The molecule has 0 rings (SSSR count). The average molecular weight is 200 g/mol. The Morgan fingerprint density at radius 3 is 2.43 bits per heavy atom. The fourth-order valence-electron chi connectivity index (χ4n) is 1.62. The van der Waals surface area contributed by atoms with Crippen molar-refractivity contribution in [2.45, 2.75) is 26.9 Å². The SMILES string of the molecule is CO[C@H]([C@@H](C)/C=C(\C)C=O)[C@@H](C)CO. The van der Waals surface area contributed by atoms with Crippen molar-refractivity contribution in [1.82, 2.24) is 0 Å². The summed E-state index contributed by atoms with van der Waals surface area (Å²) >= 11 is 0. The van der Waals surface area contributed by atoms with Crippen LogP contribution in [-0.4, -0.2) is 31.2 Å². The van der Waals surface area contributed by atoms with E-state index in [-0.39, 0.29) is 24.5 Å². The van der Waals surface area contributed by atoms with Gasteiger partial charge in [-0.2, -0.15) is 0 Å². The van der Waals surface area contributed by atoms with Gasteiger partial charge in [0.25, 0.3) is 0 Å². The first-order valence-corrected chi connectivity index (χ1v) is 4.84. The number of aldehydes is 1. The van der Waals surface area contributed by atoms with Crippen LogP contribution in [0.2, 0.25) is 0 Å². The number of carbonyl (C=O) groups is 1. The van der Waals surface area contributed by atoms with Crippen LogP contribution in [0.25, 0.3) is 0 Å². The van der Waals surface area contributed by atoms with Crippen molar-refractivity contribution in [2.75, 3.05) is 13.7 Å². The van der Waals surface area contributed by atoms with E-state index in [0.29, 0.717) is 5.57 Å². The van der Waals surface area contributed by atoms with Crippen molar-refractivity contribution in [1.29, 1.82) is 0 Å². The Balaban J connectivity index is 4.45. The van der Waals surface area contributed by atoms with Crippen molar-refractivity contribution >= 4 is 6.29 Å². The van der Waals surface area contributed by atoms with E-state index >= 15 is 0 Å². The fraction of sp³-hybridized carbons (Fsp3) is 0.727. The molecule has 0 aromatic heterocycles. The molecule has 0 fully saturated rings. The Morgan fingerprint density at radius 2 is 2.07 bits per heavy atom. The van der Waals surface area contributed by atoms with Gasteiger partial charge in [-0.25, -0.2) is 0 Å². The van der Waals surface area contributed by atoms with Crippen molar-refractivity contribution in [3.63, 3.8) is 0 Å². The molecule has 0 bridgehead atoms. The van der Waals surface area contributed by atoms with Crippen LogP contribution in [0.4, 0.5) is 0 Å². The molecule has 0 aromatic rings. The average Bonchev–Trinajstić information content (AvgIpc) is 2.18. The predicted molar refractivity (Wildman–Crippen MR) is 56.0 cm³/mol. The molecule has 0 amide bonds. The van der Waals surface area contributed by atoms with Crippen LogP contribution in [0.1, 0.15) is 20.8 Å². The molecule has 0 aromatic carbocycles. The van der Waals surface area contributed by atoms with E-state index in [1.54, 1.807) is 14.0 Å². The highest BCUT2D eigenvalue weighted by Gasteiger charge is 2.21. The molecule has 3 nitrogen and oxygen atoms in total. The molecule has 0 aliphatic carbocycles. The number of ether oxygens (including phenoxy) is 1. The Hall–Kier alpha value is -0.670. The molecule has 0 radical (unpaired) electrons. The van der Waals surface area contributed by atoms with Gasteiger partial charge in [-0.3, -0.25) is 4.79 Å². The maximum atomic E-state index is 10.4. The predicted octanol–water partition coefficient (Wildman–Crippen LogP) is 1.41. The molecule has 3 heteroatoms. The van der Waals surface area contributed by atoms with Crippen LogP contribution in [-0.2, 0) is 9.53 Å². The van der Waals surface area contributed by atoms with Gasteiger partial charge in [0.2, 0.25) is 0 Å². The Bertz CT molecular complexity index is 199. The molecule has 1 N–H and O–H groups in total. The van der Waals surface area contributed by atoms with E-state index in [1.165, 1.54) is 0 Å². The quantitative estimate of drug-likeness (QED) is 0.521. The lowest BCUT2D eigenvalue weighted by atomic mass is 9.92. The molecule has 82 valence electrons. The standard InChI is InChI=1S/C11H20O3/c1-8(6-12)5-9(2)11(14-4)10(3)7-13/h5-6,9-11,13H,7H2,1-4H3/b8-5+/t9-,10-,11+/m0/s1. The smallest absolute Gasteiger partial charge is 0.145 e. The molecule has 0 heterocycles. The highest BCUT2D eigenvalue weighted by Crippen LogP contribution is 2.18. The van der Waals surface area contributed by atoms with Crippen LogP contribution in [0.5, 0.6) is 0 Å². The molecule has 0 spiro atoms. The fourth-order valence-corrected chi connectivity index (χ4v) is 1.62. The summed E-state index contributed by atoms with van der Waals surface area (Å²) in [7, 11) is 1.62. The molecule has 14 heavy (non-hydrogen) atoms. The number of rotatable bonds is 6. The number of carbonyl (C=O) groups excluding carboxylic acids is 1. The summed E-state index contributed by atoms with van der Waals surface area (Å²) in [6, 6.07) is 0. The Morgan fingerprint density at radius 1 is 1.50 bits per heavy atom. The molecule has 0 saturated heterocycles. The highest BCUT2D eigenvalue weighted by molar-refractivity contribution is 5.72. The van der Waals surface area contributed by atoms with E-state index in [0.717, 1.165) is 6.29 Å². The minimum Gasteiger partial charge on any atom is -0.396 e.